The molecule has 0 radical (unpaired) electrons. The summed E-state index contributed by atoms with van der Waals surface area (Å²) in [4.78, 5) is 2.38. The highest BCUT2D eigenvalue weighted by molar-refractivity contribution is 5.10. The summed E-state index contributed by atoms with van der Waals surface area (Å²) in [6.07, 6.45) is 2.15. The summed E-state index contributed by atoms with van der Waals surface area (Å²) in [6.45, 7) is 6.07. The third-order valence-electron chi connectivity index (χ3n) is 2.45. The number of nitrogens with zero attached hydrogens (tertiary/aromatic N) is 2. The van der Waals surface area contributed by atoms with Gasteiger partial charge in [0.2, 0.25) is 0 Å². The molecule has 1 aromatic rings. The Bertz CT molecular complexity index is 340. The van der Waals surface area contributed by atoms with E-state index in [2.05, 4.69) is 39.6 Å². The quantitative estimate of drug-likeness (QED) is 0.583. The molecule has 1 aliphatic rings. The lowest BCUT2D eigenvalue weighted by Crippen LogP contribution is -2.33. The first-order valence-corrected chi connectivity index (χ1v) is 4.66. The molecule has 2 heterocycles. The van der Waals surface area contributed by atoms with E-state index in [0.29, 0.717) is 0 Å². The van der Waals surface area contributed by atoms with Crippen molar-refractivity contribution in [2.75, 3.05) is 13.1 Å². The van der Waals surface area contributed by atoms with Gasteiger partial charge in [0.25, 0.3) is 0 Å². The van der Waals surface area contributed by atoms with Crippen LogP contribution < -0.4 is 0 Å². The zero-order valence-electron chi connectivity index (χ0n) is 7.95. The zero-order valence-corrected chi connectivity index (χ0v) is 7.95. The van der Waals surface area contributed by atoms with Gasteiger partial charge in [-0.05, 0) is 19.1 Å². The van der Waals surface area contributed by atoms with Gasteiger partial charge in [-0.15, -0.1) is 5.92 Å². The maximum absolute atomic E-state index is 3.11. The second-order valence-electron chi connectivity index (χ2n) is 3.33. The van der Waals surface area contributed by atoms with Crippen LogP contribution in [0.3, 0.4) is 0 Å². The lowest BCUT2D eigenvalue weighted by atomic mass is 10.3. The first-order valence-electron chi connectivity index (χ1n) is 4.66. The van der Waals surface area contributed by atoms with Crippen LogP contribution in [0.5, 0.6) is 0 Å². The molecule has 68 valence electrons. The largest absolute Gasteiger partial charge is 0.349 e. The second kappa shape index (κ2) is 3.68. The molecule has 2 heteroatoms. The lowest BCUT2D eigenvalue weighted by Gasteiger charge is -2.26. The van der Waals surface area contributed by atoms with Crippen molar-refractivity contribution in [3.05, 3.63) is 24.0 Å². The zero-order chi connectivity index (χ0) is 9.10. The second-order valence-corrected chi connectivity index (χ2v) is 3.33. The third-order valence-corrected chi connectivity index (χ3v) is 2.45. The van der Waals surface area contributed by atoms with Crippen LogP contribution in [0.25, 0.3) is 0 Å². The minimum absolute atomic E-state index is 0.904. The van der Waals surface area contributed by atoms with Crippen LogP contribution in [0.4, 0.5) is 0 Å². The van der Waals surface area contributed by atoms with Crippen LogP contribution in [-0.4, -0.2) is 22.6 Å². The van der Waals surface area contributed by atoms with Gasteiger partial charge in [0.05, 0.1) is 6.54 Å². The van der Waals surface area contributed by atoms with Crippen LogP contribution in [0.1, 0.15) is 12.6 Å². The van der Waals surface area contributed by atoms with Crippen LogP contribution in [0.15, 0.2) is 18.3 Å². The normalized spacial score (nSPS) is 16.1. The minimum atomic E-state index is 0.904. The summed E-state index contributed by atoms with van der Waals surface area (Å²) < 4.78 is 2.32. The highest BCUT2D eigenvalue weighted by Crippen LogP contribution is 2.11. The van der Waals surface area contributed by atoms with E-state index in [9.17, 15) is 0 Å². The molecule has 0 saturated carbocycles. The predicted molar refractivity (Wildman–Crippen MR) is 53.2 cm³/mol. The summed E-state index contributed by atoms with van der Waals surface area (Å²) >= 11 is 0. The van der Waals surface area contributed by atoms with Gasteiger partial charge in [0.15, 0.2) is 0 Å². The molecule has 0 fully saturated rings. The molecule has 2 nitrogen and oxygen atoms in total. The van der Waals surface area contributed by atoms with Crippen molar-refractivity contribution in [1.29, 1.82) is 0 Å². The lowest BCUT2D eigenvalue weighted by molar-refractivity contribution is 0.247. The Labute approximate surface area is 79.2 Å². The van der Waals surface area contributed by atoms with Crippen LogP contribution >= 0.6 is 0 Å². The van der Waals surface area contributed by atoms with E-state index in [1.54, 1.807) is 0 Å². The summed E-state index contributed by atoms with van der Waals surface area (Å²) in [7, 11) is 0. The summed E-state index contributed by atoms with van der Waals surface area (Å²) in [5, 5.41) is 0. The fourth-order valence-electron chi connectivity index (χ4n) is 1.69. The van der Waals surface area contributed by atoms with E-state index in [0.717, 1.165) is 26.2 Å². The molecule has 0 amide bonds. The highest BCUT2D eigenvalue weighted by atomic mass is 15.2. The van der Waals surface area contributed by atoms with Gasteiger partial charge in [-0.2, -0.15) is 0 Å². The first kappa shape index (κ1) is 8.40. The Morgan fingerprint density at radius 2 is 2.38 bits per heavy atom. The van der Waals surface area contributed by atoms with Gasteiger partial charge in [-0.25, -0.2) is 0 Å². The van der Waals surface area contributed by atoms with Crippen molar-refractivity contribution in [2.24, 2.45) is 0 Å². The molecule has 0 saturated heterocycles. The Balaban J connectivity index is 2.03. The maximum atomic E-state index is 3.11. The molecule has 0 aliphatic carbocycles. The van der Waals surface area contributed by atoms with Gasteiger partial charge < -0.3 is 4.57 Å². The van der Waals surface area contributed by atoms with Crippen molar-refractivity contribution < 1.29 is 0 Å². The van der Waals surface area contributed by atoms with Crippen molar-refractivity contribution >= 4 is 0 Å². The van der Waals surface area contributed by atoms with Crippen LogP contribution in [0, 0.1) is 11.8 Å². The molecular weight excluding hydrogens is 160 g/mol. The molecule has 0 unspecified atom stereocenters. The van der Waals surface area contributed by atoms with Gasteiger partial charge in [-0.3, -0.25) is 4.90 Å². The summed E-state index contributed by atoms with van der Waals surface area (Å²) in [5.74, 6) is 6.04. The number of hydrogen-bond donors (Lipinski definition) is 0. The third kappa shape index (κ3) is 1.76. The maximum Gasteiger partial charge on any atom is 0.0605 e. The predicted octanol–water partition coefficient (Wildman–Crippen LogP) is 1.33. The molecule has 0 spiro atoms. The Morgan fingerprint density at radius 3 is 3.23 bits per heavy atom. The van der Waals surface area contributed by atoms with Gasteiger partial charge >= 0.3 is 0 Å². The minimum Gasteiger partial charge on any atom is -0.349 e. The van der Waals surface area contributed by atoms with Crippen molar-refractivity contribution in [3.63, 3.8) is 0 Å². The fourth-order valence-corrected chi connectivity index (χ4v) is 1.69. The average Bonchev–Trinajstić information content (AvgIpc) is 2.61. The molecule has 0 bridgehead atoms. The van der Waals surface area contributed by atoms with E-state index in [-0.39, 0.29) is 0 Å². The molecular formula is C11H14N2. The topological polar surface area (TPSA) is 8.17 Å². The number of hydrogen-bond acceptors (Lipinski definition) is 1. The molecule has 2 rings (SSSR count). The molecule has 0 N–H and O–H groups in total. The van der Waals surface area contributed by atoms with Gasteiger partial charge in [0, 0.05) is 31.5 Å². The molecule has 0 atom stereocenters. The van der Waals surface area contributed by atoms with E-state index >= 15 is 0 Å². The fraction of sp³-hybridized carbons (Fsp3) is 0.455. The standard InChI is InChI=1S/C11H14N2/c1-2-3-6-12-8-9-13-7-4-5-11(13)10-12/h4-5,7H,6,8-10H2,1H3. The van der Waals surface area contributed by atoms with Crippen molar-refractivity contribution in [1.82, 2.24) is 9.47 Å². The highest BCUT2D eigenvalue weighted by Gasteiger charge is 2.13. The van der Waals surface area contributed by atoms with E-state index in [1.165, 1.54) is 5.69 Å². The van der Waals surface area contributed by atoms with E-state index in [1.807, 2.05) is 6.92 Å². The molecule has 13 heavy (non-hydrogen) atoms. The Hall–Kier alpha value is -1.20. The van der Waals surface area contributed by atoms with E-state index in [4.69, 9.17) is 0 Å². The molecule has 0 aromatic carbocycles. The Kier molecular flexibility index (Phi) is 2.37. The smallest absolute Gasteiger partial charge is 0.0605 e. The number of fused-ring (bicyclic) bond motifs is 1. The van der Waals surface area contributed by atoms with Crippen molar-refractivity contribution in [2.45, 2.75) is 20.0 Å². The monoisotopic (exact) mass is 174 g/mol. The van der Waals surface area contributed by atoms with Gasteiger partial charge in [0.1, 0.15) is 0 Å². The SMILES string of the molecule is CC#CCN1CCn2cccc2C1. The van der Waals surface area contributed by atoms with E-state index < -0.39 is 0 Å². The van der Waals surface area contributed by atoms with Crippen molar-refractivity contribution in [3.8, 4) is 11.8 Å². The van der Waals surface area contributed by atoms with Gasteiger partial charge in [-0.1, -0.05) is 5.92 Å². The number of rotatable bonds is 1. The first-order chi connectivity index (χ1) is 6.40. The summed E-state index contributed by atoms with van der Waals surface area (Å²) in [6, 6.07) is 4.30. The van der Waals surface area contributed by atoms with Crippen LogP contribution in [-0.2, 0) is 13.1 Å². The number of aromatic nitrogens is 1. The summed E-state index contributed by atoms with van der Waals surface area (Å²) in [5.41, 5.74) is 1.41. The van der Waals surface area contributed by atoms with Crippen LogP contribution in [0.2, 0.25) is 0 Å². The Morgan fingerprint density at radius 1 is 1.46 bits per heavy atom. The molecule has 1 aromatic heterocycles. The average molecular weight is 174 g/mol. The molecule has 1 aliphatic heterocycles.